The lowest BCUT2D eigenvalue weighted by atomic mass is 10.1. The van der Waals surface area contributed by atoms with Crippen molar-refractivity contribution in [1.82, 2.24) is 9.62 Å². The summed E-state index contributed by atoms with van der Waals surface area (Å²) >= 11 is 0. The van der Waals surface area contributed by atoms with Crippen molar-refractivity contribution in [3.63, 3.8) is 0 Å². The molecule has 1 heterocycles. The van der Waals surface area contributed by atoms with Crippen LogP contribution >= 0.6 is 0 Å². The van der Waals surface area contributed by atoms with Crippen molar-refractivity contribution in [2.75, 3.05) is 46.7 Å². The number of benzene rings is 1. The number of amides is 1. The Balaban J connectivity index is 1.99. The highest BCUT2D eigenvalue weighted by Gasteiger charge is 2.25. The first-order valence-corrected chi connectivity index (χ1v) is 10.3. The van der Waals surface area contributed by atoms with Crippen LogP contribution in [0.4, 0.5) is 0 Å². The predicted molar refractivity (Wildman–Crippen MR) is 97.3 cm³/mol. The molecule has 9 heteroatoms. The number of methoxy groups -OCH3 is 2. The van der Waals surface area contributed by atoms with E-state index in [0.717, 1.165) is 19.1 Å². The first kappa shape index (κ1) is 20.5. The molecule has 26 heavy (non-hydrogen) atoms. The standard InChI is InChI=1S/C17H26N2O6S/c1-23-14-7-4-8-15(24-2)16(14)17(20)18-9-10-19(26(3,21)22)12-13-6-5-11-25-13/h4,7-8,13H,5-6,9-12H2,1-3H3,(H,18,20). The first-order valence-electron chi connectivity index (χ1n) is 8.42. The zero-order chi connectivity index (χ0) is 19.2. The fourth-order valence-electron chi connectivity index (χ4n) is 2.87. The molecule has 0 aromatic heterocycles. The molecule has 1 atom stereocenters. The molecule has 1 aromatic carbocycles. The Hall–Kier alpha value is -1.84. The van der Waals surface area contributed by atoms with Crippen molar-refractivity contribution < 1.29 is 27.4 Å². The highest BCUT2D eigenvalue weighted by Crippen LogP contribution is 2.27. The van der Waals surface area contributed by atoms with Crippen LogP contribution in [-0.4, -0.2) is 71.5 Å². The number of ether oxygens (including phenoxy) is 3. The molecule has 1 aliphatic rings. The Bertz CT molecular complexity index is 694. The van der Waals surface area contributed by atoms with Crippen molar-refractivity contribution in [3.05, 3.63) is 23.8 Å². The third kappa shape index (κ3) is 5.33. The minimum absolute atomic E-state index is 0.0882. The lowest BCUT2D eigenvalue weighted by molar-refractivity contribution is 0.0908. The number of nitrogens with one attached hydrogen (secondary N) is 1. The molecule has 1 aromatic rings. The number of rotatable bonds is 9. The maximum absolute atomic E-state index is 12.5. The van der Waals surface area contributed by atoms with Gasteiger partial charge in [0.15, 0.2) is 0 Å². The molecular formula is C17H26N2O6S. The smallest absolute Gasteiger partial charge is 0.258 e. The van der Waals surface area contributed by atoms with Crippen LogP contribution < -0.4 is 14.8 Å². The van der Waals surface area contributed by atoms with Crippen molar-refractivity contribution in [1.29, 1.82) is 0 Å². The molecule has 146 valence electrons. The van der Waals surface area contributed by atoms with E-state index in [1.807, 2.05) is 0 Å². The van der Waals surface area contributed by atoms with Gasteiger partial charge in [-0.25, -0.2) is 8.42 Å². The molecule has 0 spiro atoms. The van der Waals surface area contributed by atoms with Gasteiger partial charge in [0.1, 0.15) is 17.1 Å². The van der Waals surface area contributed by atoms with E-state index in [1.165, 1.54) is 18.5 Å². The third-order valence-corrected chi connectivity index (χ3v) is 5.47. The Morgan fingerprint density at radius 3 is 2.46 bits per heavy atom. The SMILES string of the molecule is COc1cccc(OC)c1C(=O)NCCN(CC1CCCO1)S(C)(=O)=O. The molecule has 1 unspecified atom stereocenters. The highest BCUT2D eigenvalue weighted by atomic mass is 32.2. The normalized spacial score (nSPS) is 17.3. The van der Waals surface area contributed by atoms with Gasteiger partial charge in [0, 0.05) is 26.2 Å². The van der Waals surface area contributed by atoms with Gasteiger partial charge in [0.2, 0.25) is 10.0 Å². The van der Waals surface area contributed by atoms with Crippen LogP contribution in [-0.2, 0) is 14.8 Å². The molecule has 1 amide bonds. The molecule has 1 N–H and O–H groups in total. The van der Waals surface area contributed by atoms with E-state index in [2.05, 4.69) is 5.32 Å². The molecule has 2 rings (SSSR count). The van der Waals surface area contributed by atoms with Crippen molar-refractivity contribution in [2.45, 2.75) is 18.9 Å². The quantitative estimate of drug-likeness (QED) is 0.677. The van der Waals surface area contributed by atoms with E-state index >= 15 is 0 Å². The number of carbonyl (C=O) groups is 1. The van der Waals surface area contributed by atoms with Gasteiger partial charge >= 0.3 is 0 Å². The Morgan fingerprint density at radius 2 is 1.96 bits per heavy atom. The topological polar surface area (TPSA) is 94.2 Å². The molecular weight excluding hydrogens is 360 g/mol. The van der Waals surface area contributed by atoms with Crippen molar-refractivity contribution in [3.8, 4) is 11.5 Å². The Labute approximate surface area is 154 Å². The lowest BCUT2D eigenvalue weighted by Crippen LogP contribution is -2.41. The Morgan fingerprint density at radius 1 is 1.31 bits per heavy atom. The van der Waals surface area contributed by atoms with Crippen LogP contribution in [0.1, 0.15) is 23.2 Å². The van der Waals surface area contributed by atoms with Gasteiger partial charge in [-0.05, 0) is 25.0 Å². The number of hydrogen-bond donors (Lipinski definition) is 1. The second-order valence-electron chi connectivity index (χ2n) is 6.05. The number of hydrogen-bond acceptors (Lipinski definition) is 6. The molecule has 0 radical (unpaired) electrons. The van der Waals surface area contributed by atoms with Gasteiger partial charge < -0.3 is 19.5 Å². The second kappa shape index (κ2) is 9.20. The summed E-state index contributed by atoms with van der Waals surface area (Å²) < 4.78 is 41.2. The van der Waals surface area contributed by atoms with Gasteiger partial charge in [-0.2, -0.15) is 4.31 Å². The maximum atomic E-state index is 12.5. The summed E-state index contributed by atoms with van der Waals surface area (Å²) in [5.74, 6) is 0.396. The molecule has 0 bridgehead atoms. The summed E-state index contributed by atoms with van der Waals surface area (Å²) in [6, 6.07) is 5.05. The average molecular weight is 386 g/mol. The predicted octanol–water partition coefficient (Wildman–Crippen LogP) is 0.874. The first-order chi connectivity index (χ1) is 12.4. The molecule has 8 nitrogen and oxygen atoms in total. The van der Waals surface area contributed by atoms with Crippen molar-refractivity contribution >= 4 is 15.9 Å². The van der Waals surface area contributed by atoms with Crippen LogP contribution in [0.3, 0.4) is 0 Å². The Kier molecular flexibility index (Phi) is 7.24. The minimum atomic E-state index is -3.39. The zero-order valence-electron chi connectivity index (χ0n) is 15.4. The monoisotopic (exact) mass is 386 g/mol. The number of nitrogens with zero attached hydrogens (tertiary/aromatic N) is 1. The van der Waals surface area contributed by atoms with Gasteiger partial charge in [-0.1, -0.05) is 6.07 Å². The van der Waals surface area contributed by atoms with Gasteiger partial charge in [-0.3, -0.25) is 4.79 Å². The highest BCUT2D eigenvalue weighted by molar-refractivity contribution is 7.88. The van der Waals surface area contributed by atoms with E-state index in [4.69, 9.17) is 14.2 Å². The fraction of sp³-hybridized carbons (Fsp3) is 0.588. The average Bonchev–Trinajstić information content (AvgIpc) is 3.12. The summed E-state index contributed by atoms with van der Waals surface area (Å²) in [5.41, 5.74) is 0.280. The van der Waals surface area contributed by atoms with E-state index < -0.39 is 10.0 Å². The second-order valence-corrected chi connectivity index (χ2v) is 8.03. The summed E-state index contributed by atoms with van der Waals surface area (Å²) in [5, 5.41) is 2.73. The van der Waals surface area contributed by atoms with Gasteiger partial charge in [-0.15, -0.1) is 0 Å². The molecule has 0 saturated carbocycles. The van der Waals surface area contributed by atoms with Gasteiger partial charge in [0.05, 0.1) is 26.6 Å². The van der Waals surface area contributed by atoms with Crippen LogP contribution in [0.25, 0.3) is 0 Å². The van der Waals surface area contributed by atoms with E-state index in [-0.39, 0.29) is 30.7 Å². The molecule has 0 aliphatic carbocycles. The van der Waals surface area contributed by atoms with Crippen LogP contribution in [0.2, 0.25) is 0 Å². The summed E-state index contributed by atoms with van der Waals surface area (Å²) in [7, 11) is -0.446. The third-order valence-electron chi connectivity index (χ3n) is 4.20. The maximum Gasteiger partial charge on any atom is 0.258 e. The summed E-state index contributed by atoms with van der Waals surface area (Å²) in [6.07, 6.45) is 2.85. The molecule has 1 fully saturated rings. The van der Waals surface area contributed by atoms with Crippen LogP contribution in [0.5, 0.6) is 11.5 Å². The zero-order valence-corrected chi connectivity index (χ0v) is 16.2. The lowest BCUT2D eigenvalue weighted by Gasteiger charge is -2.23. The van der Waals surface area contributed by atoms with Crippen LogP contribution in [0.15, 0.2) is 18.2 Å². The van der Waals surface area contributed by atoms with Crippen LogP contribution in [0, 0.1) is 0 Å². The minimum Gasteiger partial charge on any atom is -0.496 e. The van der Waals surface area contributed by atoms with Crippen molar-refractivity contribution in [2.24, 2.45) is 0 Å². The van der Waals surface area contributed by atoms with E-state index in [9.17, 15) is 13.2 Å². The van der Waals surface area contributed by atoms with E-state index in [0.29, 0.717) is 24.7 Å². The van der Waals surface area contributed by atoms with E-state index in [1.54, 1.807) is 18.2 Å². The van der Waals surface area contributed by atoms with Gasteiger partial charge in [0.25, 0.3) is 5.91 Å². The molecule has 1 aliphatic heterocycles. The summed E-state index contributed by atoms with van der Waals surface area (Å²) in [4.78, 5) is 12.5. The number of carbonyl (C=O) groups excluding carboxylic acids is 1. The fourth-order valence-corrected chi connectivity index (χ4v) is 3.73. The summed E-state index contributed by atoms with van der Waals surface area (Å²) in [6.45, 7) is 1.29. The largest absolute Gasteiger partial charge is 0.496 e. The number of sulfonamides is 1. The molecule has 1 saturated heterocycles.